The highest BCUT2D eigenvalue weighted by atomic mass is 79.9. The minimum Gasteiger partial charge on any atom is -0.394 e. The minimum absolute atomic E-state index is 0.218. The Morgan fingerprint density at radius 1 is 0.951 bits per heavy atom. The fourth-order valence-electron chi connectivity index (χ4n) is 6.83. The summed E-state index contributed by atoms with van der Waals surface area (Å²) in [5, 5.41) is 16.5. The van der Waals surface area contributed by atoms with Gasteiger partial charge in [0.2, 0.25) is 17.7 Å². The Morgan fingerprint density at radius 3 is 2.20 bits per heavy atom. The number of nitrogens with zero attached hydrogens (tertiary/aromatic N) is 1. The lowest BCUT2D eigenvalue weighted by molar-refractivity contribution is -0.145. The van der Waals surface area contributed by atoms with Crippen LogP contribution in [-0.2, 0) is 32.1 Å². The van der Waals surface area contributed by atoms with E-state index in [9.17, 15) is 19.5 Å². The summed E-state index contributed by atoms with van der Waals surface area (Å²) in [6, 6.07) is 26.5. The summed E-state index contributed by atoms with van der Waals surface area (Å²) in [5.41, 5.74) is 1.26. The van der Waals surface area contributed by atoms with Gasteiger partial charge in [0.15, 0.2) is 0 Å². The minimum atomic E-state index is -1.21. The van der Waals surface area contributed by atoms with Crippen LogP contribution in [-0.4, -0.2) is 63.0 Å². The van der Waals surface area contributed by atoms with E-state index in [0.717, 1.165) is 11.1 Å². The van der Waals surface area contributed by atoms with Crippen LogP contribution >= 0.6 is 15.9 Å². The SMILES string of the molecule is O=C(NCc1ccccc1)C1N([C@@H](CO)Cc2ccccc2)C(=O)[C@@H]2[C@H](C(=O)Nc3ccccc3)[C@H]3OC12CC3Br. The van der Waals surface area contributed by atoms with Crippen LogP contribution in [0, 0.1) is 11.8 Å². The van der Waals surface area contributed by atoms with E-state index < -0.39 is 35.6 Å². The topological polar surface area (TPSA) is 108 Å². The van der Waals surface area contributed by atoms with E-state index in [1.807, 2.05) is 78.9 Å². The number of aliphatic hydroxyl groups is 1. The molecule has 41 heavy (non-hydrogen) atoms. The smallest absolute Gasteiger partial charge is 0.246 e. The molecule has 0 radical (unpaired) electrons. The van der Waals surface area contributed by atoms with E-state index in [4.69, 9.17) is 4.74 Å². The van der Waals surface area contributed by atoms with Crippen LogP contribution in [0.25, 0.3) is 0 Å². The molecule has 212 valence electrons. The van der Waals surface area contributed by atoms with Gasteiger partial charge < -0.3 is 25.4 Å². The van der Waals surface area contributed by atoms with Gasteiger partial charge in [-0.15, -0.1) is 0 Å². The lowest BCUT2D eigenvalue weighted by Crippen LogP contribution is -2.58. The highest BCUT2D eigenvalue weighted by Gasteiger charge is 2.77. The van der Waals surface area contributed by atoms with Gasteiger partial charge in [0.1, 0.15) is 11.6 Å². The third-order valence-electron chi connectivity index (χ3n) is 8.55. The van der Waals surface area contributed by atoms with Crippen molar-refractivity contribution in [3.63, 3.8) is 0 Å². The van der Waals surface area contributed by atoms with E-state index in [1.165, 1.54) is 4.90 Å². The average Bonchev–Trinajstić information content (AvgIpc) is 3.59. The molecule has 3 amide bonds. The van der Waals surface area contributed by atoms with Gasteiger partial charge in [-0.1, -0.05) is 94.8 Å². The lowest BCUT2D eigenvalue weighted by Gasteiger charge is -2.37. The van der Waals surface area contributed by atoms with E-state index >= 15 is 0 Å². The van der Waals surface area contributed by atoms with Crippen LogP contribution in [0.3, 0.4) is 0 Å². The van der Waals surface area contributed by atoms with Gasteiger partial charge in [-0.25, -0.2) is 0 Å². The van der Waals surface area contributed by atoms with Crippen molar-refractivity contribution in [3.8, 4) is 0 Å². The Hall–Kier alpha value is -3.53. The van der Waals surface area contributed by atoms with Gasteiger partial charge in [0, 0.05) is 17.1 Å². The van der Waals surface area contributed by atoms with E-state index in [2.05, 4.69) is 26.6 Å². The van der Waals surface area contributed by atoms with Crippen LogP contribution in [0.2, 0.25) is 0 Å². The monoisotopic (exact) mass is 617 g/mol. The summed E-state index contributed by atoms with van der Waals surface area (Å²) >= 11 is 3.70. The molecule has 3 aromatic carbocycles. The highest BCUT2D eigenvalue weighted by Crippen LogP contribution is 2.60. The third kappa shape index (κ3) is 4.96. The maximum absolute atomic E-state index is 14.4. The molecule has 9 heteroatoms. The molecule has 3 aromatic rings. The molecule has 0 aliphatic carbocycles. The molecule has 3 N–H and O–H groups in total. The van der Waals surface area contributed by atoms with Crippen molar-refractivity contribution in [2.24, 2.45) is 11.8 Å². The molecule has 7 atom stereocenters. The molecule has 8 nitrogen and oxygen atoms in total. The molecule has 3 unspecified atom stereocenters. The molecule has 6 rings (SSSR count). The van der Waals surface area contributed by atoms with Crippen molar-refractivity contribution in [1.82, 2.24) is 10.2 Å². The number of ether oxygens (including phenoxy) is 1. The van der Waals surface area contributed by atoms with Crippen molar-refractivity contribution in [1.29, 1.82) is 0 Å². The largest absolute Gasteiger partial charge is 0.394 e. The number of halogens is 1. The van der Waals surface area contributed by atoms with Crippen molar-refractivity contribution in [2.45, 2.75) is 48.0 Å². The fraction of sp³-hybridized carbons (Fsp3) is 0.344. The second-order valence-electron chi connectivity index (χ2n) is 11.0. The molecule has 3 saturated heterocycles. The number of aliphatic hydroxyl groups excluding tert-OH is 1. The third-order valence-corrected chi connectivity index (χ3v) is 9.39. The number of benzene rings is 3. The molecular formula is C32H32BrN3O5. The maximum Gasteiger partial charge on any atom is 0.246 e. The number of carbonyl (C=O) groups is 3. The normalized spacial score (nSPS) is 28.8. The first-order chi connectivity index (χ1) is 19.9. The van der Waals surface area contributed by atoms with Gasteiger partial charge in [0.05, 0.1) is 30.6 Å². The Kier molecular flexibility index (Phi) is 7.68. The van der Waals surface area contributed by atoms with Crippen LogP contribution in [0.4, 0.5) is 5.69 Å². The summed E-state index contributed by atoms with van der Waals surface area (Å²) < 4.78 is 6.59. The molecular weight excluding hydrogens is 586 g/mol. The number of nitrogens with one attached hydrogen (secondary N) is 2. The number of hydrogen-bond donors (Lipinski definition) is 3. The Balaban J connectivity index is 1.36. The first-order valence-electron chi connectivity index (χ1n) is 13.9. The number of fused-ring (bicyclic) bond motifs is 1. The van der Waals surface area contributed by atoms with Gasteiger partial charge in [0.25, 0.3) is 0 Å². The molecule has 3 heterocycles. The van der Waals surface area contributed by atoms with Crippen molar-refractivity contribution >= 4 is 39.3 Å². The molecule has 2 bridgehead atoms. The number of carbonyl (C=O) groups excluding carboxylic acids is 3. The van der Waals surface area contributed by atoms with Crippen LogP contribution in [0.15, 0.2) is 91.0 Å². The summed E-state index contributed by atoms with van der Waals surface area (Å²) in [6.45, 7) is -0.0610. The van der Waals surface area contributed by atoms with Gasteiger partial charge >= 0.3 is 0 Å². The predicted octanol–water partition coefficient (Wildman–Crippen LogP) is 3.29. The number of likely N-dealkylation sites (tertiary alicyclic amines) is 1. The van der Waals surface area contributed by atoms with Crippen molar-refractivity contribution < 1.29 is 24.2 Å². The maximum atomic E-state index is 14.4. The average molecular weight is 619 g/mol. The van der Waals surface area contributed by atoms with Crippen LogP contribution < -0.4 is 10.6 Å². The van der Waals surface area contributed by atoms with E-state index in [-0.39, 0.29) is 35.7 Å². The van der Waals surface area contributed by atoms with E-state index in [0.29, 0.717) is 18.5 Å². The number of alkyl halides is 1. The first kappa shape index (κ1) is 27.6. The summed E-state index contributed by atoms with van der Waals surface area (Å²) in [7, 11) is 0. The quantitative estimate of drug-likeness (QED) is 0.319. The zero-order valence-electron chi connectivity index (χ0n) is 22.4. The van der Waals surface area contributed by atoms with Gasteiger partial charge in [-0.05, 0) is 36.1 Å². The number of hydrogen-bond acceptors (Lipinski definition) is 5. The second-order valence-corrected chi connectivity index (χ2v) is 12.2. The molecule has 0 saturated carbocycles. The number of rotatable bonds is 9. The zero-order chi connectivity index (χ0) is 28.6. The Labute approximate surface area is 247 Å². The Morgan fingerprint density at radius 2 is 1.56 bits per heavy atom. The predicted molar refractivity (Wildman–Crippen MR) is 157 cm³/mol. The molecule has 3 fully saturated rings. The zero-order valence-corrected chi connectivity index (χ0v) is 23.9. The number of anilines is 1. The summed E-state index contributed by atoms with van der Waals surface area (Å²) in [5.74, 6) is -2.68. The van der Waals surface area contributed by atoms with Crippen molar-refractivity contribution in [2.75, 3.05) is 11.9 Å². The lowest BCUT2D eigenvalue weighted by atomic mass is 9.70. The molecule has 1 spiro atoms. The molecule has 3 aliphatic heterocycles. The van der Waals surface area contributed by atoms with Crippen LogP contribution in [0.1, 0.15) is 17.5 Å². The molecule has 3 aliphatic rings. The summed E-state index contributed by atoms with van der Waals surface area (Å²) in [6.07, 6.45) is 0.184. The van der Waals surface area contributed by atoms with Gasteiger partial charge in [-0.3, -0.25) is 14.4 Å². The van der Waals surface area contributed by atoms with Crippen LogP contribution in [0.5, 0.6) is 0 Å². The first-order valence-corrected chi connectivity index (χ1v) is 14.8. The Bertz CT molecular complexity index is 1410. The number of amides is 3. The highest BCUT2D eigenvalue weighted by molar-refractivity contribution is 9.09. The fourth-order valence-corrected chi connectivity index (χ4v) is 7.77. The second kappa shape index (κ2) is 11.4. The standard InChI is InChI=1S/C32H32BrN3O5/c33-24-17-32-26(25(27(24)41-32)29(38)35-22-14-8-3-9-15-22)31(40)36(23(19-37)16-20-10-4-1-5-11-20)28(32)30(39)34-18-21-12-6-2-7-13-21/h1-15,23-28,37H,16-19H2,(H,34,39)(H,35,38)/t23-,24?,25+,26+,27+,28?,32?/m1/s1. The number of para-hydroxylation sites is 1. The van der Waals surface area contributed by atoms with Crippen molar-refractivity contribution in [3.05, 3.63) is 102 Å². The van der Waals surface area contributed by atoms with Gasteiger partial charge in [-0.2, -0.15) is 0 Å². The molecule has 0 aromatic heterocycles. The van der Waals surface area contributed by atoms with E-state index in [1.54, 1.807) is 12.1 Å². The summed E-state index contributed by atoms with van der Waals surface area (Å²) in [4.78, 5) is 43.5.